The Bertz CT molecular complexity index is 624. The van der Waals surface area contributed by atoms with Gasteiger partial charge in [0.25, 0.3) is 0 Å². The van der Waals surface area contributed by atoms with Crippen LogP contribution < -0.4 is 0 Å². The van der Waals surface area contributed by atoms with E-state index < -0.39 is 28.6 Å². The summed E-state index contributed by atoms with van der Waals surface area (Å²) in [6, 6.07) is 5.96. The Morgan fingerprint density at radius 1 is 1.27 bits per heavy atom. The summed E-state index contributed by atoms with van der Waals surface area (Å²) in [5.74, 6) is -2.04. The average molecular weight is 298 g/mol. The van der Waals surface area contributed by atoms with Gasteiger partial charge in [-0.05, 0) is 12.8 Å². The van der Waals surface area contributed by atoms with Crippen LogP contribution in [0.3, 0.4) is 0 Å². The molecule has 0 aromatic heterocycles. The van der Waals surface area contributed by atoms with Gasteiger partial charge >= 0.3 is 0 Å². The summed E-state index contributed by atoms with van der Waals surface area (Å²) < 4.78 is 11.7. The molecular formula is C16H18N4O2. The third-order valence-electron chi connectivity index (χ3n) is 4.81. The van der Waals surface area contributed by atoms with Crippen LogP contribution in [0, 0.1) is 56.2 Å². The number of nitrogens with zero attached hydrogens (tertiary/aromatic N) is 3. The van der Waals surface area contributed by atoms with E-state index >= 15 is 0 Å². The first kappa shape index (κ1) is 16.0. The Hall–Kier alpha value is -2.36. The van der Waals surface area contributed by atoms with Gasteiger partial charge in [0.1, 0.15) is 6.10 Å². The third kappa shape index (κ3) is 1.47. The monoisotopic (exact) mass is 298 g/mol. The van der Waals surface area contributed by atoms with Gasteiger partial charge in [-0.15, -0.1) is 6.58 Å². The summed E-state index contributed by atoms with van der Waals surface area (Å²) in [5, 5.41) is 37.5. The van der Waals surface area contributed by atoms with Crippen LogP contribution in [0.15, 0.2) is 12.7 Å². The maximum atomic E-state index is 9.87. The van der Waals surface area contributed by atoms with Crippen LogP contribution in [0.1, 0.15) is 33.1 Å². The standard InChI is InChI=1S/C16H18N4O2/c1-4-7-16-11(5-2)15(10-19,13(20)22-16)14(8-17,9-18)12(6-3)21-16/h6,11-12,20H,3-5,7H2,1-2H3. The highest BCUT2D eigenvalue weighted by molar-refractivity contribution is 5.89. The van der Waals surface area contributed by atoms with Gasteiger partial charge in [-0.2, -0.15) is 15.8 Å². The third-order valence-corrected chi connectivity index (χ3v) is 4.81. The Balaban J connectivity index is 2.82. The molecule has 2 bridgehead atoms. The van der Waals surface area contributed by atoms with Gasteiger partial charge in [-0.1, -0.05) is 19.9 Å². The Labute approximate surface area is 130 Å². The van der Waals surface area contributed by atoms with E-state index in [1.165, 1.54) is 6.08 Å². The zero-order valence-electron chi connectivity index (χ0n) is 12.7. The highest BCUT2D eigenvalue weighted by Crippen LogP contribution is 2.64. The first-order valence-electron chi connectivity index (χ1n) is 7.30. The maximum Gasteiger partial charge on any atom is 0.217 e. The highest BCUT2D eigenvalue weighted by atomic mass is 16.7. The summed E-state index contributed by atoms with van der Waals surface area (Å²) in [6.45, 7) is 7.44. The number of ether oxygens (including phenoxy) is 2. The molecule has 6 heteroatoms. The van der Waals surface area contributed by atoms with Crippen molar-refractivity contribution in [1.82, 2.24) is 0 Å². The predicted molar refractivity (Wildman–Crippen MR) is 77.0 cm³/mol. The fourth-order valence-electron chi connectivity index (χ4n) is 3.92. The molecule has 0 aliphatic carbocycles. The lowest BCUT2D eigenvalue weighted by Gasteiger charge is -2.48. The number of rotatable bonds is 4. The number of hydrogen-bond acceptors (Lipinski definition) is 6. The fourth-order valence-corrected chi connectivity index (χ4v) is 3.92. The van der Waals surface area contributed by atoms with Gasteiger partial charge in [0.05, 0.1) is 24.1 Å². The number of fused-ring (bicyclic) bond motifs is 2. The molecular weight excluding hydrogens is 280 g/mol. The van der Waals surface area contributed by atoms with Crippen molar-refractivity contribution < 1.29 is 9.47 Å². The maximum absolute atomic E-state index is 9.87. The van der Waals surface area contributed by atoms with E-state index in [1.54, 1.807) is 0 Å². The zero-order chi connectivity index (χ0) is 16.6. The molecule has 0 aromatic rings. The first-order chi connectivity index (χ1) is 10.5. The van der Waals surface area contributed by atoms with E-state index in [2.05, 4.69) is 12.6 Å². The van der Waals surface area contributed by atoms with Gasteiger partial charge in [-0.3, -0.25) is 5.41 Å². The quantitative estimate of drug-likeness (QED) is 0.801. The summed E-state index contributed by atoms with van der Waals surface area (Å²) in [4.78, 5) is 0. The molecule has 0 amide bonds. The molecule has 6 nitrogen and oxygen atoms in total. The van der Waals surface area contributed by atoms with E-state index in [-0.39, 0.29) is 5.90 Å². The van der Waals surface area contributed by atoms with Crippen molar-refractivity contribution in [3.8, 4) is 18.2 Å². The smallest absolute Gasteiger partial charge is 0.217 e. The lowest BCUT2D eigenvalue weighted by atomic mass is 9.53. The number of nitriles is 3. The van der Waals surface area contributed by atoms with Crippen molar-refractivity contribution in [2.45, 2.75) is 45.0 Å². The highest BCUT2D eigenvalue weighted by Gasteiger charge is 2.79. The largest absolute Gasteiger partial charge is 0.447 e. The second-order valence-corrected chi connectivity index (χ2v) is 5.68. The summed E-state index contributed by atoms with van der Waals surface area (Å²) in [6.07, 6.45) is 2.04. The SMILES string of the molecule is C=CC1OC2(CCC)OC(=N)C(C#N)(C2CC)C1(C#N)C#N. The van der Waals surface area contributed by atoms with Crippen LogP contribution in [0.25, 0.3) is 0 Å². The summed E-state index contributed by atoms with van der Waals surface area (Å²) in [5.41, 5.74) is -3.48. The van der Waals surface area contributed by atoms with Crippen LogP contribution in [-0.2, 0) is 9.47 Å². The molecule has 2 fully saturated rings. The van der Waals surface area contributed by atoms with Crippen molar-refractivity contribution in [3.63, 3.8) is 0 Å². The molecule has 2 heterocycles. The molecule has 2 aliphatic heterocycles. The second-order valence-electron chi connectivity index (χ2n) is 5.68. The van der Waals surface area contributed by atoms with E-state index in [0.29, 0.717) is 12.8 Å². The van der Waals surface area contributed by atoms with Gasteiger partial charge in [0.2, 0.25) is 17.1 Å². The number of nitrogens with one attached hydrogen (secondary N) is 1. The molecule has 22 heavy (non-hydrogen) atoms. The molecule has 2 rings (SSSR count). The lowest BCUT2D eigenvalue weighted by Crippen LogP contribution is -2.62. The minimum atomic E-state index is -1.84. The average Bonchev–Trinajstić information content (AvgIpc) is 2.72. The topological polar surface area (TPSA) is 114 Å². The molecule has 0 spiro atoms. The van der Waals surface area contributed by atoms with Crippen LogP contribution >= 0.6 is 0 Å². The molecule has 4 atom stereocenters. The van der Waals surface area contributed by atoms with E-state index in [9.17, 15) is 15.8 Å². The molecule has 2 aliphatic rings. The van der Waals surface area contributed by atoms with Gasteiger partial charge in [0.15, 0.2) is 5.41 Å². The Morgan fingerprint density at radius 3 is 2.32 bits per heavy atom. The first-order valence-corrected chi connectivity index (χ1v) is 7.30. The van der Waals surface area contributed by atoms with Crippen molar-refractivity contribution >= 4 is 5.90 Å². The Morgan fingerprint density at radius 2 is 1.91 bits per heavy atom. The van der Waals surface area contributed by atoms with E-state index in [1.807, 2.05) is 26.0 Å². The van der Waals surface area contributed by atoms with Crippen molar-refractivity contribution in [1.29, 1.82) is 21.2 Å². The van der Waals surface area contributed by atoms with Crippen LogP contribution in [0.5, 0.6) is 0 Å². The van der Waals surface area contributed by atoms with Crippen molar-refractivity contribution in [2.24, 2.45) is 16.7 Å². The zero-order valence-corrected chi connectivity index (χ0v) is 12.7. The van der Waals surface area contributed by atoms with E-state index in [4.69, 9.17) is 14.9 Å². The Kier molecular flexibility index (Phi) is 3.73. The summed E-state index contributed by atoms with van der Waals surface area (Å²) in [7, 11) is 0. The van der Waals surface area contributed by atoms with Crippen LogP contribution in [0.4, 0.5) is 0 Å². The molecule has 1 N–H and O–H groups in total. The molecule has 114 valence electrons. The summed E-state index contributed by atoms with van der Waals surface area (Å²) >= 11 is 0. The minimum absolute atomic E-state index is 0.345. The molecule has 2 saturated heterocycles. The predicted octanol–water partition coefficient (Wildman–Crippen LogP) is 2.64. The minimum Gasteiger partial charge on any atom is -0.447 e. The van der Waals surface area contributed by atoms with Gasteiger partial charge in [0, 0.05) is 6.42 Å². The van der Waals surface area contributed by atoms with Gasteiger partial charge < -0.3 is 9.47 Å². The van der Waals surface area contributed by atoms with Crippen LogP contribution in [-0.4, -0.2) is 17.8 Å². The van der Waals surface area contributed by atoms with E-state index in [0.717, 1.165) is 6.42 Å². The number of hydrogen-bond donors (Lipinski definition) is 1. The van der Waals surface area contributed by atoms with Crippen molar-refractivity contribution in [3.05, 3.63) is 12.7 Å². The van der Waals surface area contributed by atoms with Crippen molar-refractivity contribution in [2.75, 3.05) is 0 Å². The lowest BCUT2D eigenvalue weighted by molar-refractivity contribution is -0.271. The molecule has 0 radical (unpaired) electrons. The van der Waals surface area contributed by atoms with Crippen LogP contribution in [0.2, 0.25) is 0 Å². The molecule has 4 unspecified atom stereocenters. The molecule has 0 aromatic carbocycles. The second kappa shape index (κ2) is 5.13. The fraction of sp³-hybridized carbons (Fsp3) is 0.625. The normalized spacial score (nSPS) is 38.2. The van der Waals surface area contributed by atoms with Gasteiger partial charge in [-0.25, -0.2) is 0 Å². The molecule has 0 saturated carbocycles.